The highest BCUT2D eigenvalue weighted by molar-refractivity contribution is 7.80. The average Bonchev–Trinajstić information content (AvgIpc) is 2.14. The van der Waals surface area contributed by atoms with Crippen molar-refractivity contribution in [2.24, 2.45) is 5.73 Å². The van der Waals surface area contributed by atoms with E-state index in [-0.39, 0.29) is 5.11 Å². The lowest BCUT2D eigenvalue weighted by Gasteiger charge is -1.92. The van der Waals surface area contributed by atoms with Gasteiger partial charge in [0.2, 0.25) is 0 Å². The SMILES string of the molecule is Cc1ccn(C(N)=S)n1. The van der Waals surface area contributed by atoms with E-state index >= 15 is 0 Å². The zero-order chi connectivity index (χ0) is 6.85. The Balaban J connectivity index is 2.98. The highest BCUT2D eigenvalue weighted by Gasteiger charge is 1.92. The van der Waals surface area contributed by atoms with Gasteiger partial charge in [0, 0.05) is 6.20 Å². The Morgan fingerprint density at radius 3 is 2.78 bits per heavy atom. The molecule has 0 amide bonds. The molecule has 1 rings (SSSR count). The molecule has 3 nitrogen and oxygen atoms in total. The van der Waals surface area contributed by atoms with Crippen LogP contribution in [0.1, 0.15) is 5.69 Å². The Hall–Kier alpha value is -0.900. The van der Waals surface area contributed by atoms with Gasteiger partial charge in [0.1, 0.15) is 0 Å². The zero-order valence-electron chi connectivity index (χ0n) is 5.03. The Kier molecular flexibility index (Phi) is 1.48. The van der Waals surface area contributed by atoms with Crippen molar-refractivity contribution in [3.8, 4) is 0 Å². The molecule has 9 heavy (non-hydrogen) atoms. The fourth-order valence-corrected chi connectivity index (χ4v) is 0.639. The van der Waals surface area contributed by atoms with Gasteiger partial charge in [0.15, 0.2) is 5.11 Å². The standard InChI is InChI=1S/C5H7N3S/c1-4-2-3-8(7-4)5(6)9/h2-3H,1H3,(H2,6,9). The van der Waals surface area contributed by atoms with Crippen LogP contribution in [0.15, 0.2) is 12.3 Å². The van der Waals surface area contributed by atoms with Crippen molar-refractivity contribution < 1.29 is 0 Å². The number of rotatable bonds is 0. The lowest BCUT2D eigenvalue weighted by molar-refractivity contribution is 0.917. The smallest absolute Gasteiger partial charge is 0.191 e. The van der Waals surface area contributed by atoms with E-state index in [2.05, 4.69) is 17.3 Å². The predicted octanol–water partition coefficient (Wildman–Crippen LogP) is 0.283. The summed E-state index contributed by atoms with van der Waals surface area (Å²) in [6.07, 6.45) is 1.73. The van der Waals surface area contributed by atoms with E-state index in [1.165, 1.54) is 4.68 Å². The van der Waals surface area contributed by atoms with Crippen molar-refractivity contribution in [1.82, 2.24) is 9.78 Å². The Morgan fingerprint density at radius 2 is 2.56 bits per heavy atom. The highest BCUT2D eigenvalue weighted by atomic mass is 32.1. The first-order valence-electron chi connectivity index (χ1n) is 2.52. The monoisotopic (exact) mass is 141 g/mol. The maximum Gasteiger partial charge on any atom is 0.191 e. The summed E-state index contributed by atoms with van der Waals surface area (Å²) in [6.45, 7) is 1.88. The molecule has 1 heterocycles. The van der Waals surface area contributed by atoms with E-state index in [4.69, 9.17) is 5.73 Å². The summed E-state index contributed by atoms with van der Waals surface area (Å²) in [5.41, 5.74) is 6.18. The van der Waals surface area contributed by atoms with Crippen LogP contribution in [0.4, 0.5) is 0 Å². The fourth-order valence-electron chi connectivity index (χ4n) is 0.538. The van der Waals surface area contributed by atoms with Crippen LogP contribution in [-0.2, 0) is 0 Å². The third-order valence-electron chi connectivity index (χ3n) is 0.948. The number of nitrogens with zero attached hydrogens (tertiary/aromatic N) is 2. The van der Waals surface area contributed by atoms with Gasteiger partial charge in [-0.1, -0.05) is 0 Å². The minimum atomic E-state index is 0.281. The predicted molar refractivity (Wildman–Crippen MR) is 39.1 cm³/mol. The van der Waals surface area contributed by atoms with Gasteiger partial charge in [-0.3, -0.25) is 0 Å². The molecule has 0 unspecified atom stereocenters. The Labute approximate surface area is 58.5 Å². The summed E-state index contributed by atoms with van der Waals surface area (Å²) < 4.78 is 1.46. The molecule has 0 spiro atoms. The summed E-state index contributed by atoms with van der Waals surface area (Å²) in [5.74, 6) is 0. The van der Waals surface area contributed by atoms with Crippen LogP contribution in [0.3, 0.4) is 0 Å². The number of thiocarbonyl (C=S) groups is 1. The van der Waals surface area contributed by atoms with Crippen molar-refractivity contribution in [1.29, 1.82) is 0 Å². The Bertz CT molecular complexity index is 228. The van der Waals surface area contributed by atoms with Crippen LogP contribution in [0.5, 0.6) is 0 Å². The van der Waals surface area contributed by atoms with Crippen molar-refractivity contribution in [3.63, 3.8) is 0 Å². The Morgan fingerprint density at radius 1 is 1.89 bits per heavy atom. The molecule has 0 radical (unpaired) electrons. The minimum absolute atomic E-state index is 0.281. The van der Waals surface area contributed by atoms with Gasteiger partial charge >= 0.3 is 0 Å². The summed E-state index contributed by atoms with van der Waals surface area (Å²) >= 11 is 4.65. The van der Waals surface area contributed by atoms with Crippen molar-refractivity contribution in [2.45, 2.75) is 6.92 Å². The maximum absolute atomic E-state index is 5.26. The second-order valence-electron chi connectivity index (χ2n) is 1.74. The van der Waals surface area contributed by atoms with E-state index < -0.39 is 0 Å². The first-order valence-corrected chi connectivity index (χ1v) is 2.93. The molecule has 0 aliphatic heterocycles. The second-order valence-corrected chi connectivity index (χ2v) is 2.16. The molecular formula is C5H7N3S. The molecule has 0 atom stereocenters. The third kappa shape index (κ3) is 1.26. The van der Waals surface area contributed by atoms with E-state index in [9.17, 15) is 0 Å². The molecule has 1 aromatic heterocycles. The van der Waals surface area contributed by atoms with Gasteiger partial charge in [-0.25, -0.2) is 4.68 Å². The van der Waals surface area contributed by atoms with Gasteiger partial charge < -0.3 is 5.73 Å². The van der Waals surface area contributed by atoms with Crippen molar-refractivity contribution >= 4 is 17.3 Å². The van der Waals surface area contributed by atoms with Gasteiger partial charge in [-0.2, -0.15) is 5.10 Å². The number of aromatic nitrogens is 2. The molecule has 0 bridgehead atoms. The summed E-state index contributed by atoms with van der Waals surface area (Å²) in [5, 5.41) is 4.24. The molecule has 0 fully saturated rings. The van der Waals surface area contributed by atoms with Crippen molar-refractivity contribution in [2.75, 3.05) is 0 Å². The molecule has 0 aliphatic carbocycles. The van der Waals surface area contributed by atoms with Crippen LogP contribution in [0.25, 0.3) is 0 Å². The third-order valence-corrected chi connectivity index (χ3v) is 1.14. The molecular weight excluding hydrogens is 134 g/mol. The second kappa shape index (κ2) is 2.14. The normalized spacial score (nSPS) is 9.44. The molecule has 48 valence electrons. The molecule has 0 aliphatic rings. The molecule has 4 heteroatoms. The molecule has 0 aromatic carbocycles. The molecule has 1 aromatic rings. The lowest BCUT2D eigenvalue weighted by atomic mass is 10.5. The number of aryl methyl sites for hydroxylation is 1. The van der Waals surface area contributed by atoms with Crippen LogP contribution in [0, 0.1) is 6.92 Å². The lowest BCUT2D eigenvalue weighted by Crippen LogP contribution is -2.19. The largest absolute Gasteiger partial charge is 0.374 e. The summed E-state index contributed by atoms with van der Waals surface area (Å²) in [4.78, 5) is 0. The van der Waals surface area contributed by atoms with Gasteiger partial charge in [-0.15, -0.1) is 0 Å². The van der Waals surface area contributed by atoms with E-state index in [1.807, 2.05) is 13.0 Å². The number of hydrogen-bond acceptors (Lipinski definition) is 2. The number of nitrogens with two attached hydrogens (primary N) is 1. The van der Waals surface area contributed by atoms with Crippen molar-refractivity contribution in [3.05, 3.63) is 18.0 Å². The quantitative estimate of drug-likeness (QED) is 0.528. The maximum atomic E-state index is 5.26. The summed E-state index contributed by atoms with van der Waals surface area (Å²) in [7, 11) is 0. The average molecular weight is 141 g/mol. The number of hydrogen-bond donors (Lipinski definition) is 1. The van der Waals surface area contributed by atoms with Crippen LogP contribution < -0.4 is 5.73 Å². The van der Waals surface area contributed by atoms with Crippen LogP contribution >= 0.6 is 12.2 Å². The van der Waals surface area contributed by atoms with Gasteiger partial charge in [0.25, 0.3) is 0 Å². The van der Waals surface area contributed by atoms with Gasteiger partial charge in [-0.05, 0) is 25.2 Å². The first kappa shape index (κ1) is 6.22. The van der Waals surface area contributed by atoms with E-state index in [1.54, 1.807) is 6.20 Å². The van der Waals surface area contributed by atoms with Crippen LogP contribution in [0.2, 0.25) is 0 Å². The fraction of sp³-hybridized carbons (Fsp3) is 0.200. The zero-order valence-corrected chi connectivity index (χ0v) is 5.85. The minimum Gasteiger partial charge on any atom is -0.374 e. The van der Waals surface area contributed by atoms with E-state index in [0.29, 0.717) is 0 Å². The van der Waals surface area contributed by atoms with Crippen LogP contribution in [-0.4, -0.2) is 14.9 Å². The molecule has 2 N–H and O–H groups in total. The van der Waals surface area contributed by atoms with Gasteiger partial charge in [0.05, 0.1) is 5.69 Å². The first-order chi connectivity index (χ1) is 4.20. The molecule has 0 saturated heterocycles. The van der Waals surface area contributed by atoms with E-state index in [0.717, 1.165) is 5.69 Å². The summed E-state index contributed by atoms with van der Waals surface area (Å²) in [6, 6.07) is 1.85. The highest BCUT2D eigenvalue weighted by Crippen LogP contribution is 1.89. The topological polar surface area (TPSA) is 43.8 Å². The molecule has 0 saturated carbocycles.